The summed E-state index contributed by atoms with van der Waals surface area (Å²) in [6, 6.07) is 6.51. The second-order valence-electron chi connectivity index (χ2n) is 4.55. The molecule has 0 amide bonds. The van der Waals surface area contributed by atoms with Gasteiger partial charge in [-0.1, -0.05) is 26.0 Å². The van der Waals surface area contributed by atoms with Gasteiger partial charge in [0.25, 0.3) is 0 Å². The fraction of sp³-hybridized carbons (Fsp3) is 0.533. The number of carbonyl (C=O) groups excluding carboxylic acids is 1. The smallest absolute Gasteiger partial charge is 0.305 e. The normalized spacial score (nSPS) is 12.2. The molecular formula is C15H22FNO2. The number of hydrogen-bond acceptors (Lipinski definition) is 3. The van der Waals surface area contributed by atoms with Crippen LogP contribution < -0.4 is 5.32 Å². The quantitative estimate of drug-likeness (QED) is 0.736. The van der Waals surface area contributed by atoms with Crippen LogP contribution in [-0.2, 0) is 16.1 Å². The molecule has 1 N–H and O–H groups in total. The van der Waals surface area contributed by atoms with Crippen LogP contribution in [0.5, 0.6) is 0 Å². The van der Waals surface area contributed by atoms with Gasteiger partial charge in [-0.05, 0) is 30.5 Å². The molecule has 1 atom stereocenters. The molecule has 3 nitrogen and oxygen atoms in total. The van der Waals surface area contributed by atoms with Crippen molar-refractivity contribution in [3.63, 3.8) is 0 Å². The first kappa shape index (κ1) is 15.6. The zero-order chi connectivity index (χ0) is 14.1. The Bertz CT molecular complexity index is 378. The minimum absolute atomic E-state index is 0.130. The summed E-state index contributed by atoms with van der Waals surface area (Å²) < 4.78 is 17.9. The SMILES string of the molecule is CCCC(=O)OCC(CC)NCc1ccc(F)cc1. The van der Waals surface area contributed by atoms with E-state index in [2.05, 4.69) is 5.32 Å². The number of nitrogens with one attached hydrogen (secondary N) is 1. The Balaban J connectivity index is 2.32. The largest absolute Gasteiger partial charge is 0.464 e. The van der Waals surface area contributed by atoms with E-state index >= 15 is 0 Å². The summed E-state index contributed by atoms with van der Waals surface area (Å²) in [6.07, 6.45) is 2.15. The average molecular weight is 267 g/mol. The van der Waals surface area contributed by atoms with Crippen molar-refractivity contribution in [2.24, 2.45) is 0 Å². The number of carbonyl (C=O) groups is 1. The minimum Gasteiger partial charge on any atom is -0.464 e. The van der Waals surface area contributed by atoms with E-state index in [4.69, 9.17) is 4.74 Å². The summed E-state index contributed by atoms with van der Waals surface area (Å²) >= 11 is 0. The Morgan fingerprint density at radius 1 is 1.32 bits per heavy atom. The zero-order valence-electron chi connectivity index (χ0n) is 11.6. The fourth-order valence-electron chi connectivity index (χ4n) is 1.66. The van der Waals surface area contributed by atoms with E-state index < -0.39 is 0 Å². The third kappa shape index (κ3) is 6.34. The van der Waals surface area contributed by atoms with Gasteiger partial charge in [0.15, 0.2) is 0 Å². The Labute approximate surface area is 114 Å². The molecule has 0 fully saturated rings. The van der Waals surface area contributed by atoms with Gasteiger partial charge >= 0.3 is 5.97 Å². The number of halogens is 1. The van der Waals surface area contributed by atoms with Crippen LogP contribution in [0.4, 0.5) is 4.39 Å². The molecule has 0 aliphatic carbocycles. The van der Waals surface area contributed by atoms with Crippen molar-refractivity contribution in [1.82, 2.24) is 5.32 Å². The Kier molecular flexibility index (Phi) is 7.11. The van der Waals surface area contributed by atoms with Crippen LogP contribution >= 0.6 is 0 Å². The molecule has 0 heterocycles. The van der Waals surface area contributed by atoms with Crippen molar-refractivity contribution in [3.8, 4) is 0 Å². The van der Waals surface area contributed by atoms with Gasteiger partial charge < -0.3 is 10.1 Å². The van der Waals surface area contributed by atoms with E-state index in [-0.39, 0.29) is 17.8 Å². The van der Waals surface area contributed by atoms with Crippen molar-refractivity contribution in [3.05, 3.63) is 35.6 Å². The Hall–Kier alpha value is -1.42. The number of rotatable bonds is 8. The first-order valence-electron chi connectivity index (χ1n) is 6.79. The summed E-state index contributed by atoms with van der Waals surface area (Å²) in [5.41, 5.74) is 1.01. The lowest BCUT2D eigenvalue weighted by atomic mass is 10.2. The molecule has 1 aromatic rings. The minimum atomic E-state index is -0.232. The zero-order valence-corrected chi connectivity index (χ0v) is 11.6. The van der Waals surface area contributed by atoms with Gasteiger partial charge in [0.2, 0.25) is 0 Å². The van der Waals surface area contributed by atoms with Crippen molar-refractivity contribution in [2.45, 2.75) is 45.7 Å². The van der Waals surface area contributed by atoms with Gasteiger partial charge in [-0.3, -0.25) is 4.79 Å². The van der Waals surface area contributed by atoms with E-state index in [9.17, 15) is 9.18 Å². The lowest BCUT2D eigenvalue weighted by molar-refractivity contribution is -0.144. The summed E-state index contributed by atoms with van der Waals surface area (Å²) in [7, 11) is 0. The maximum absolute atomic E-state index is 12.8. The summed E-state index contributed by atoms with van der Waals surface area (Å²) in [4.78, 5) is 11.3. The molecule has 0 aliphatic heterocycles. The van der Waals surface area contributed by atoms with Gasteiger partial charge in [0.05, 0.1) is 0 Å². The van der Waals surface area contributed by atoms with Crippen LogP contribution in [0.2, 0.25) is 0 Å². The van der Waals surface area contributed by atoms with Crippen LogP contribution in [-0.4, -0.2) is 18.6 Å². The molecule has 0 aromatic heterocycles. The van der Waals surface area contributed by atoms with Crippen molar-refractivity contribution >= 4 is 5.97 Å². The molecule has 1 aromatic carbocycles. The highest BCUT2D eigenvalue weighted by atomic mass is 19.1. The summed E-state index contributed by atoms with van der Waals surface area (Å²) in [5, 5.41) is 3.30. The van der Waals surface area contributed by atoms with E-state index in [1.807, 2.05) is 13.8 Å². The number of benzene rings is 1. The van der Waals surface area contributed by atoms with E-state index in [0.29, 0.717) is 19.6 Å². The molecule has 0 saturated carbocycles. The van der Waals surface area contributed by atoms with Crippen LogP contribution in [0.1, 0.15) is 38.7 Å². The van der Waals surface area contributed by atoms with Crippen molar-refractivity contribution in [2.75, 3.05) is 6.61 Å². The van der Waals surface area contributed by atoms with Gasteiger partial charge in [0, 0.05) is 19.0 Å². The van der Waals surface area contributed by atoms with Crippen LogP contribution in [0, 0.1) is 5.82 Å². The monoisotopic (exact) mass is 267 g/mol. The molecular weight excluding hydrogens is 245 g/mol. The molecule has 0 aliphatic rings. The lowest BCUT2D eigenvalue weighted by Gasteiger charge is -2.17. The van der Waals surface area contributed by atoms with Gasteiger partial charge in [-0.2, -0.15) is 0 Å². The van der Waals surface area contributed by atoms with E-state index in [1.165, 1.54) is 12.1 Å². The molecule has 0 bridgehead atoms. The molecule has 1 unspecified atom stereocenters. The Morgan fingerprint density at radius 2 is 2.00 bits per heavy atom. The second kappa shape index (κ2) is 8.64. The molecule has 0 saturated heterocycles. The first-order valence-corrected chi connectivity index (χ1v) is 6.79. The molecule has 1 rings (SSSR count). The number of hydrogen-bond donors (Lipinski definition) is 1. The summed E-state index contributed by atoms with van der Waals surface area (Å²) in [5.74, 6) is -0.381. The topological polar surface area (TPSA) is 38.3 Å². The van der Waals surface area contributed by atoms with E-state index in [1.54, 1.807) is 12.1 Å². The van der Waals surface area contributed by atoms with Crippen molar-refractivity contribution < 1.29 is 13.9 Å². The maximum Gasteiger partial charge on any atom is 0.305 e. The molecule has 0 radical (unpaired) electrons. The standard InChI is InChI=1S/C15H22FNO2/c1-3-5-15(18)19-11-14(4-2)17-10-12-6-8-13(16)9-7-12/h6-9,14,17H,3-5,10-11H2,1-2H3. The van der Waals surface area contributed by atoms with Gasteiger partial charge in [0.1, 0.15) is 12.4 Å². The molecule has 0 spiro atoms. The third-order valence-electron chi connectivity index (χ3n) is 2.90. The molecule has 19 heavy (non-hydrogen) atoms. The number of esters is 1. The van der Waals surface area contributed by atoms with Crippen LogP contribution in [0.3, 0.4) is 0 Å². The fourth-order valence-corrected chi connectivity index (χ4v) is 1.66. The highest BCUT2D eigenvalue weighted by molar-refractivity contribution is 5.69. The summed E-state index contributed by atoms with van der Waals surface area (Å²) in [6.45, 7) is 5.02. The second-order valence-corrected chi connectivity index (χ2v) is 4.55. The van der Waals surface area contributed by atoms with Crippen molar-refractivity contribution in [1.29, 1.82) is 0 Å². The predicted molar refractivity (Wildman–Crippen MR) is 73.2 cm³/mol. The Morgan fingerprint density at radius 3 is 2.58 bits per heavy atom. The predicted octanol–water partition coefficient (Wildman–Crippen LogP) is 3.04. The van der Waals surface area contributed by atoms with Crippen LogP contribution in [0.25, 0.3) is 0 Å². The highest BCUT2D eigenvalue weighted by Gasteiger charge is 2.09. The van der Waals surface area contributed by atoms with Crippen LogP contribution in [0.15, 0.2) is 24.3 Å². The number of ether oxygens (including phenoxy) is 1. The highest BCUT2D eigenvalue weighted by Crippen LogP contribution is 2.04. The molecule has 4 heteroatoms. The van der Waals surface area contributed by atoms with Gasteiger partial charge in [-0.25, -0.2) is 4.39 Å². The average Bonchev–Trinajstić information content (AvgIpc) is 2.41. The lowest BCUT2D eigenvalue weighted by Crippen LogP contribution is -2.33. The first-order chi connectivity index (χ1) is 9.15. The maximum atomic E-state index is 12.8. The molecule has 106 valence electrons. The van der Waals surface area contributed by atoms with Gasteiger partial charge in [-0.15, -0.1) is 0 Å². The van der Waals surface area contributed by atoms with E-state index in [0.717, 1.165) is 18.4 Å². The third-order valence-corrected chi connectivity index (χ3v) is 2.90.